The fraction of sp³-hybridized carbons (Fsp3) is 0. The summed E-state index contributed by atoms with van der Waals surface area (Å²) in [7, 11) is -7.36. The minimum atomic E-state index is -3.68. The first-order valence-electron chi connectivity index (χ1n) is 11.0. The van der Waals surface area contributed by atoms with Crippen LogP contribution in [0.1, 0.15) is 22.3 Å². The second-order valence-corrected chi connectivity index (χ2v) is 10.9. The van der Waals surface area contributed by atoms with Crippen LogP contribution in [0, 0.1) is 0 Å². The molecule has 0 bridgehead atoms. The number of hydrogen-bond acceptors (Lipinski definition) is 6. The third-order valence-corrected chi connectivity index (χ3v) is 7.79. The number of hydrogen-bond donors (Lipinski definition) is 0. The highest BCUT2D eigenvalue weighted by molar-refractivity contribution is 7.91. The van der Waals surface area contributed by atoms with Crippen LogP contribution in [0.2, 0.25) is 0 Å². The first-order valence-corrected chi connectivity index (χ1v) is 13.9. The van der Waals surface area contributed by atoms with Gasteiger partial charge in [-0.25, -0.2) is 9.97 Å². The Morgan fingerprint density at radius 1 is 0.553 bits per heavy atom. The zero-order chi connectivity index (χ0) is 27.2. The highest BCUT2D eigenvalue weighted by atomic mass is 32.2. The van der Waals surface area contributed by atoms with E-state index in [1.807, 2.05) is 49.1 Å². The first kappa shape index (κ1) is 26.4. The molecule has 0 saturated carbocycles. The highest BCUT2D eigenvalue weighted by Crippen LogP contribution is 2.24. The number of rotatable bonds is 2. The summed E-state index contributed by atoms with van der Waals surface area (Å²) in [6.45, 7) is 0. The van der Waals surface area contributed by atoms with Gasteiger partial charge in [0.05, 0.1) is 9.79 Å². The molecule has 192 valence electrons. The van der Waals surface area contributed by atoms with E-state index >= 15 is 0 Å². The van der Waals surface area contributed by atoms with E-state index in [9.17, 15) is 27.0 Å². The second-order valence-electron chi connectivity index (χ2n) is 7.74. The lowest BCUT2D eigenvalue weighted by Crippen LogP contribution is -2.15. The molecule has 2 aliphatic heterocycles. The molecule has 2 aliphatic rings. The molecule has 6 rings (SSSR count). The molecule has 0 radical (unpaired) electrons. The SMILES string of the molecule is C(=C\c1cc[nH+]cc1)/c1cc[nH+]cc1.O=S1(=O)N=C([O-])c2ccccc21.O=S1(=O)N=C([O-])c2ccccc21. The molecule has 2 aromatic heterocycles. The Hall–Kier alpha value is -4.68. The number of nitrogens with one attached hydrogen (secondary N) is 2. The van der Waals surface area contributed by atoms with E-state index in [0.717, 1.165) is 0 Å². The molecule has 2 aromatic carbocycles. The van der Waals surface area contributed by atoms with Crippen LogP contribution in [-0.2, 0) is 20.0 Å². The van der Waals surface area contributed by atoms with Crippen LogP contribution in [0.3, 0.4) is 0 Å². The van der Waals surface area contributed by atoms with Crippen LogP contribution in [0.15, 0.2) is 116 Å². The summed E-state index contributed by atoms with van der Waals surface area (Å²) in [6, 6.07) is 20.1. The molecule has 0 spiro atoms. The molecule has 0 amide bonds. The summed E-state index contributed by atoms with van der Waals surface area (Å²) in [5, 5.41) is 21.9. The summed E-state index contributed by atoms with van der Waals surface area (Å²) in [6.07, 6.45) is 11.8. The predicted octanol–water partition coefficient (Wildman–Crippen LogP) is 0.477. The van der Waals surface area contributed by atoms with Gasteiger partial charge in [0.1, 0.15) is 0 Å². The van der Waals surface area contributed by atoms with Gasteiger partial charge in [-0.2, -0.15) is 25.6 Å². The van der Waals surface area contributed by atoms with E-state index in [0.29, 0.717) is 0 Å². The number of sulfonamides is 2. The molecule has 0 unspecified atom stereocenters. The van der Waals surface area contributed by atoms with Gasteiger partial charge in [0.25, 0.3) is 20.0 Å². The Kier molecular flexibility index (Phi) is 7.74. The van der Waals surface area contributed by atoms with E-state index < -0.39 is 31.8 Å². The monoisotopic (exact) mass is 548 g/mol. The summed E-state index contributed by atoms with van der Waals surface area (Å²) < 4.78 is 50.3. The number of H-pyrrole nitrogens is 2. The number of pyridine rings is 2. The van der Waals surface area contributed by atoms with Crippen molar-refractivity contribution in [2.24, 2.45) is 8.80 Å². The number of aromatic nitrogens is 2. The van der Waals surface area contributed by atoms with Gasteiger partial charge in [0.15, 0.2) is 24.8 Å². The third-order valence-electron chi connectivity index (χ3n) is 5.15. The standard InChI is InChI=1S/C12H10N2.2C7H5NO3S/c1(11-3-7-13-8-4-11)2-12-5-9-14-10-6-12;2*9-7-5-3-1-2-4-6(5)12(10,11)8-7/h1-10H;2*1-4H,(H,8,9)/b2-1+;;. The van der Waals surface area contributed by atoms with E-state index in [1.165, 1.54) is 35.4 Å². The van der Waals surface area contributed by atoms with Crippen LogP contribution in [0.5, 0.6) is 0 Å². The zero-order valence-electron chi connectivity index (χ0n) is 19.6. The summed E-state index contributed by atoms with van der Waals surface area (Å²) >= 11 is 0. The van der Waals surface area contributed by atoms with Crippen molar-refractivity contribution in [3.63, 3.8) is 0 Å². The van der Waals surface area contributed by atoms with E-state index in [4.69, 9.17) is 0 Å². The predicted molar refractivity (Wildman–Crippen MR) is 135 cm³/mol. The second kappa shape index (κ2) is 11.2. The molecule has 4 heterocycles. The average Bonchev–Trinajstić information content (AvgIpc) is 3.31. The lowest BCUT2D eigenvalue weighted by Gasteiger charge is -2.01. The van der Waals surface area contributed by atoms with Gasteiger partial charge < -0.3 is 10.2 Å². The van der Waals surface area contributed by atoms with Crippen LogP contribution >= 0.6 is 0 Å². The van der Waals surface area contributed by atoms with Crippen molar-refractivity contribution < 1.29 is 37.0 Å². The maximum Gasteiger partial charge on any atom is 0.282 e. The quantitative estimate of drug-likeness (QED) is 0.353. The largest absolute Gasteiger partial charge is 0.858 e. The van der Waals surface area contributed by atoms with Gasteiger partial charge >= 0.3 is 0 Å². The van der Waals surface area contributed by atoms with E-state index in [1.54, 1.807) is 24.3 Å². The molecular weight excluding hydrogens is 528 g/mol. The number of benzene rings is 2. The van der Waals surface area contributed by atoms with Gasteiger partial charge in [0.2, 0.25) is 0 Å². The molecule has 12 heteroatoms. The van der Waals surface area contributed by atoms with Gasteiger partial charge in [-0.05, 0) is 23.3 Å². The normalized spacial score (nSPS) is 15.6. The average molecular weight is 549 g/mol. The maximum absolute atomic E-state index is 11.1. The Bertz CT molecular complexity index is 1620. The first-order chi connectivity index (χ1) is 18.2. The summed E-state index contributed by atoms with van der Waals surface area (Å²) in [4.78, 5) is 6.00. The number of aromatic amines is 2. The fourth-order valence-corrected chi connectivity index (χ4v) is 5.56. The van der Waals surface area contributed by atoms with Crippen LogP contribution < -0.4 is 20.2 Å². The molecule has 0 saturated heterocycles. The van der Waals surface area contributed by atoms with Gasteiger partial charge in [-0.3, -0.25) is 0 Å². The minimum absolute atomic E-state index is 0.00926. The van der Waals surface area contributed by atoms with Crippen molar-refractivity contribution in [3.8, 4) is 0 Å². The highest BCUT2D eigenvalue weighted by Gasteiger charge is 2.23. The topological polar surface area (TPSA) is 167 Å². The van der Waals surface area contributed by atoms with Gasteiger partial charge in [-0.15, -0.1) is 0 Å². The van der Waals surface area contributed by atoms with Gasteiger partial charge in [-0.1, -0.05) is 48.6 Å². The Morgan fingerprint density at radius 3 is 1.24 bits per heavy atom. The third kappa shape index (κ3) is 6.17. The maximum atomic E-state index is 11.1. The van der Waals surface area contributed by atoms with Crippen molar-refractivity contribution >= 4 is 44.0 Å². The van der Waals surface area contributed by atoms with Crippen molar-refractivity contribution in [3.05, 3.63) is 120 Å². The Morgan fingerprint density at radius 2 is 0.895 bits per heavy atom. The lowest BCUT2D eigenvalue weighted by atomic mass is 10.2. The smallest absolute Gasteiger partial charge is 0.282 e. The van der Waals surface area contributed by atoms with Crippen molar-refractivity contribution in [2.45, 2.75) is 9.79 Å². The molecule has 4 aromatic rings. The molecule has 0 aliphatic carbocycles. The molecule has 0 fully saturated rings. The van der Waals surface area contributed by atoms with Crippen LogP contribution in [0.25, 0.3) is 12.2 Å². The van der Waals surface area contributed by atoms with Gasteiger partial charge in [0, 0.05) is 47.2 Å². The van der Waals surface area contributed by atoms with Crippen molar-refractivity contribution in [1.82, 2.24) is 0 Å². The zero-order valence-corrected chi connectivity index (χ0v) is 21.2. The molecular formula is C26H20N4O6S2. The fourth-order valence-electron chi connectivity index (χ4n) is 3.37. The summed E-state index contributed by atoms with van der Waals surface area (Å²) in [5.41, 5.74) is 2.71. The van der Waals surface area contributed by atoms with E-state index in [-0.39, 0.29) is 20.9 Å². The van der Waals surface area contributed by atoms with E-state index in [2.05, 4.69) is 30.9 Å². The number of fused-ring (bicyclic) bond motifs is 2. The minimum Gasteiger partial charge on any atom is -0.858 e. The molecule has 2 N–H and O–H groups in total. The molecule has 10 nitrogen and oxygen atoms in total. The van der Waals surface area contributed by atoms with Crippen LogP contribution in [0.4, 0.5) is 0 Å². The summed E-state index contributed by atoms with van der Waals surface area (Å²) in [5.74, 6) is -1.35. The van der Waals surface area contributed by atoms with Crippen molar-refractivity contribution in [2.75, 3.05) is 0 Å². The van der Waals surface area contributed by atoms with Crippen LogP contribution in [-0.4, -0.2) is 28.6 Å². The lowest BCUT2D eigenvalue weighted by molar-refractivity contribution is -0.378. The Balaban J connectivity index is 0.000000133. The Labute approximate surface area is 219 Å². The molecule has 38 heavy (non-hydrogen) atoms. The van der Waals surface area contributed by atoms with Crippen molar-refractivity contribution in [1.29, 1.82) is 0 Å². The molecule has 0 atom stereocenters. The number of nitrogens with zero attached hydrogens (tertiary/aromatic N) is 2.